The van der Waals surface area contributed by atoms with Crippen LogP contribution in [0.15, 0.2) is 97.1 Å². The van der Waals surface area contributed by atoms with Gasteiger partial charge in [-0.05, 0) is 39.6 Å². The van der Waals surface area contributed by atoms with Crippen molar-refractivity contribution < 1.29 is 14.6 Å². The maximum atomic E-state index is 11.8. The normalized spacial score (nSPS) is 11.9. The topological polar surface area (TPSA) is 46.5 Å². The van der Waals surface area contributed by atoms with E-state index < -0.39 is 12.1 Å². The van der Waals surface area contributed by atoms with Gasteiger partial charge in [-0.15, -0.1) is 0 Å². The molecule has 0 spiro atoms. The summed E-state index contributed by atoms with van der Waals surface area (Å²) in [6.45, 7) is 0. The average molecular weight is 368 g/mol. The Hall–Kier alpha value is -3.59. The molecule has 0 saturated heterocycles. The predicted molar refractivity (Wildman–Crippen MR) is 112 cm³/mol. The number of hydrogen-bond donors (Lipinski definition) is 1. The van der Waals surface area contributed by atoms with Crippen LogP contribution in [-0.2, 0) is 11.2 Å². The number of rotatable bonds is 6. The van der Waals surface area contributed by atoms with Crippen molar-refractivity contribution >= 4 is 16.7 Å². The third kappa shape index (κ3) is 3.89. The molecule has 0 aliphatic heterocycles. The zero-order chi connectivity index (χ0) is 19.3. The van der Waals surface area contributed by atoms with Gasteiger partial charge in [0.15, 0.2) is 6.10 Å². The summed E-state index contributed by atoms with van der Waals surface area (Å²) in [4.78, 5) is 11.8. The van der Waals surface area contributed by atoms with Crippen molar-refractivity contribution in [2.45, 2.75) is 12.5 Å². The van der Waals surface area contributed by atoms with Crippen LogP contribution in [0.1, 0.15) is 5.56 Å². The molecule has 0 fully saturated rings. The molecule has 0 unspecified atom stereocenters. The first-order chi connectivity index (χ1) is 13.7. The molecule has 0 bridgehead atoms. The Kier molecular flexibility index (Phi) is 5.07. The highest BCUT2D eigenvalue weighted by molar-refractivity contribution is 5.86. The van der Waals surface area contributed by atoms with E-state index in [4.69, 9.17) is 4.74 Å². The van der Waals surface area contributed by atoms with Crippen LogP contribution in [0.5, 0.6) is 5.75 Å². The lowest BCUT2D eigenvalue weighted by molar-refractivity contribution is -0.145. The number of carbonyl (C=O) groups is 1. The fraction of sp³-hybridized carbons (Fsp3) is 0.0800. The van der Waals surface area contributed by atoms with Gasteiger partial charge in [-0.2, -0.15) is 0 Å². The van der Waals surface area contributed by atoms with E-state index in [-0.39, 0.29) is 0 Å². The minimum atomic E-state index is -0.972. The number of fused-ring (bicyclic) bond motifs is 1. The minimum Gasteiger partial charge on any atom is -0.478 e. The lowest BCUT2D eigenvalue weighted by atomic mass is 10.00. The Bertz CT molecular complexity index is 1080. The Morgan fingerprint density at radius 1 is 0.750 bits per heavy atom. The average Bonchev–Trinajstić information content (AvgIpc) is 2.74. The van der Waals surface area contributed by atoms with Gasteiger partial charge >= 0.3 is 5.97 Å². The predicted octanol–water partition coefficient (Wildman–Crippen LogP) is 5.58. The Morgan fingerprint density at radius 2 is 1.39 bits per heavy atom. The van der Waals surface area contributed by atoms with E-state index in [1.807, 2.05) is 97.1 Å². The first kappa shape index (κ1) is 17.8. The molecule has 0 radical (unpaired) electrons. The van der Waals surface area contributed by atoms with E-state index in [0.29, 0.717) is 12.2 Å². The molecule has 0 aromatic heterocycles. The van der Waals surface area contributed by atoms with Crippen molar-refractivity contribution in [3.05, 3.63) is 103 Å². The highest BCUT2D eigenvalue weighted by atomic mass is 16.5. The fourth-order valence-corrected chi connectivity index (χ4v) is 3.37. The standard InChI is InChI=1S/C25H20O3/c26-25(27)24(17-21-11-6-10-20-9-4-5-12-23(20)21)28-22-15-13-19(14-16-22)18-7-2-1-3-8-18/h1-16,24H,17H2,(H,26,27)/t24-/m0/s1. The van der Waals surface area contributed by atoms with Gasteiger partial charge in [-0.25, -0.2) is 4.79 Å². The largest absolute Gasteiger partial charge is 0.478 e. The van der Waals surface area contributed by atoms with Crippen molar-refractivity contribution in [1.29, 1.82) is 0 Å². The van der Waals surface area contributed by atoms with Crippen LogP contribution in [0, 0.1) is 0 Å². The maximum absolute atomic E-state index is 11.8. The fourth-order valence-electron chi connectivity index (χ4n) is 3.37. The van der Waals surface area contributed by atoms with Crippen LogP contribution in [0.4, 0.5) is 0 Å². The monoisotopic (exact) mass is 368 g/mol. The number of carboxylic acid groups (broad SMARTS) is 1. The third-order valence-electron chi connectivity index (χ3n) is 4.80. The van der Waals surface area contributed by atoms with Crippen molar-refractivity contribution in [2.75, 3.05) is 0 Å². The Balaban J connectivity index is 1.55. The molecule has 3 nitrogen and oxygen atoms in total. The van der Waals surface area contributed by atoms with Crippen LogP contribution in [0.25, 0.3) is 21.9 Å². The minimum absolute atomic E-state index is 0.303. The summed E-state index contributed by atoms with van der Waals surface area (Å²) < 4.78 is 5.82. The molecule has 3 heteroatoms. The van der Waals surface area contributed by atoms with E-state index in [1.165, 1.54) is 0 Å². The van der Waals surface area contributed by atoms with E-state index in [0.717, 1.165) is 27.5 Å². The molecule has 4 aromatic carbocycles. The SMILES string of the molecule is O=C(O)[C@H](Cc1cccc2ccccc12)Oc1ccc(-c2ccccc2)cc1. The van der Waals surface area contributed by atoms with Crippen molar-refractivity contribution in [3.63, 3.8) is 0 Å². The highest BCUT2D eigenvalue weighted by Gasteiger charge is 2.21. The zero-order valence-electron chi connectivity index (χ0n) is 15.3. The van der Waals surface area contributed by atoms with Gasteiger partial charge in [-0.1, -0.05) is 84.9 Å². The molecule has 138 valence electrons. The molecule has 0 aliphatic rings. The number of ether oxygens (including phenoxy) is 1. The second kappa shape index (κ2) is 7.97. The van der Waals surface area contributed by atoms with Crippen LogP contribution in [-0.4, -0.2) is 17.2 Å². The second-order valence-electron chi connectivity index (χ2n) is 6.68. The second-order valence-corrected chi connectivity index (χ2v) is 6.68. The lowest BCUT2D eigenvalue weighted by Crippen LogP contribution is -2.29. The van der Waals surface area contributed by atoms with Gasteiger partial charge in [0, 0.05) is 6.42 Å². The summed E-state index contributed by atoms with van der Waals surface area (Å²) in [6, 6.07) is 31.5. The van der Waals surface area contributed by atoms with E-state index in [9.17, 15) is 9.90 Å². The Morgan fingerprint density at radius 3 is 2.14 bits per heavy atom. The van der Waals surface area contributed by atoms with Crippen LogP contribution < -0.4 is 4.74 Å². The summed E-state index contributed by atoms with van der Waals surface area (Å²) in [7, 11) is 0. The molecule has 0 heterocycles. The van der Waals surface area contributed by atoms with Crippen molar-refractivity contribution in [1.82, 2.24) is 0 Å². The van der Waals surface area contributed by atoms with Gasteiger partial charge in [0.2, 0.25) is 0 Å². The van der Waals surface area contributed by atoms with E-state index in [1.54, 1.807) is 0 Å². The van der Waals surface area contributed by atoms with Crippen LogP contribution in [0.3, 0.4) is 0 Å². The van der Waals surface area contributed by atoms with Crippen LogP contribution in [0.2, 0.25) is 0 Å². The summed E-state index contributed by atoms with van der Waals surface area (Å²) in [6.07, 6.45) is -0.648. The summed E-state index contributed by atoms with van der Waals surface area (Å²) in [5, 5.41) is 11.8. The van der Waals surface area contributed by atoms with Gasteiger partial charge in [0.05, 0.1) is 0 Å². The van der Waals surface area contributed by atoms with Crippen molar-refractivity contribution in [3.8, 4) is 16.9 Å². The quantitative estimate of drug-likeness (QED) is 0.483. The molecule has 1 atom stereocenters. The summed E-state index contributed by atoms with van der Waals surface area (Å²) in [5.41, 5.74) is 3.14. The molecular weight excluding hydrogens is 348 g/mol. The van der Waals surface area contributed by atoms with Gasteiger partial charge in [0.1, 0.15) is 5.75 Å². The number of hydrogen-bond acceptors (Lipinski definition) is 2. The molecule has 4 rings (SSSR count). The van der Waals surface area contributed by atoms with E-state index in [2.05, 4.69) is 0 Å². The molecule has 1 N–H and O–H groups in total. The van der Waals surface area contributed by atoms with Gasteiger partial charge in [0.25, 0.3) is 0 Å². The van der Waals surface area contributed by atoms with E-state index >= 15 is 0 Å². The van der Waals surface area contributed by atoms with Gasteiger partial charge in [-0.3, -0.25) is 0 Å². The smallest absolute Gasteiger partial charge is 0.345 e. The molecule has 28 heavy (non-hydrogen) atoms. The zero-order valence-corrected chi connectivity index (χ0v) is 15.3. The number of benzene rings is 4. The summed E-state index contributed by atoms with van der Waals surface area (Å²) >= 11 is 0. The first-order valence-corrected chi connectivity index (χ1v) is 9.22. The first-order valence-electron chi connectivity index (χ1n) is 9.22. The molecule has 4 aromatic rings. The molecule has 0 amide bonds. The Labute approximate surface area is 163 Å². The van der Waals surface area contributed by atoms with Crippen molar-refractivity contribution in [2.24, 2.45) is 0 Å². The number of carboxylic acids is 1. The molecule has 0 saturated carbocycles. The third-order valence-corrected chi connectivity index (χ3v) is 4.80. The number of aliphatic carboxylic acids is 1. The lowest BCUT2D eigenvalue weighted by Gasteiger charge is -2.17. The van der Waals surface area contributed by atoms with Crippen LogP contribution >= 0.6 is 0 Å². The molecular formula is C25H20O3. The highest BCUT2D eigenvalue weighted by Crippen LogP contribution is 2.25. The molecule has 0 aliphatic carbocycles. The maximum Gasteiger partial charge on any atom is 0.345 e. The summed E-state index contributed by atoms with van der Waals surface area (Å²) in [5.74, 6) is -0.424. The van der Waals surface area contributed by atoms with Gasteiger partial charge < -0.3 is 9.84 Å².